The number of aliphatic carboxylic acids is 2. The van der Waals surface area contributed by atoms with Gasteiger partial charge in [0.2, 0.25) is 17.7 Å². The molecule has 0 saturated heterocycles. The Hall–Kier alpha value is -3.71. The molecule has 13 heteroatoms. The number of phenolic OH excluding ortho intramolecular Hbond substituents is 1. The zero-order chi connectivity index (χ0) is 28.3. The number of amides is 3. The summed E-state index contributed by atoms with van der Waals surface area (Å²) in [6, 6.07) is 0.432. The van der Waals surface area contributed by atoms with Crippen molar-refractivity contribution in [1.29, 1.82) is 0 Å². The van der Waals surface area contributed by atoms with Crippen molar-refractivity contribution in [2.45, 2.75) is 76.7 Å². The summed E-state index contributed by atoms with van der Waals surface area (Å²) in [6.45, 7) is 4.68. The molecule has 3 amide bonds. The maximum Gasteiger partial charge on any atom is 0.326 e. The average molecular weight is 525 g/mol. The van der Waals surface area contributed by atoms with E-state index in [1.807, 2.05) is 0 Å². The highest BCUT2D eigenvalue weighted by Crippen LogP contribution is 2.13. The lowest BCUT2D eigenvalue weighted by atomic mass is 9.98. The van der Waals surface area contributed by atoms with Crippen LogP contribution in [-0.2, 0) is 30.4 Å². The second-order valence-corrected chi connectivity index (χ2v) is 8.90. The molecule has 0 radical (unpaired) electrons. The van der Waals surface area contributed by atoms with Crippen molar-refractivity contribution in [2.24, 2.45) is 11.7 Å². The van der Waals surface area contributed by atoms with E-state index in [2.05, 4.69) is 16.0 Å². The third kappa shape index (κ3) is 10.4. The van der Waals surface area contributed by atoms with Gasteiger partial charge in [0.1, 0.15) is 29.9 Å². The number of benzene rings is 1. The molecule has 0 aliphatic rings. The number of rotatable bonds is 15. The molecular weight excluding hydrogens is 488 g/mol. The number of carboxylic acids is 2. The summed E-state index contributed by atoms with van der Waals surface area (Å²) in [6.07, 6.45) is -1.72. The first-order valence-electron chi connectivity index (χ1n) is 11.8. The summed E-state index contributed by atoms with van der Waals surface area (Å²) in [5, 5.41) is 44.9. The third-order valence-corrected chi connectivity index (χ3v) is 5.89. The van der Waals surface area contributed by atoms with Gasteiger partial charge in [0.25, 0.3) is 0 Å². The van der Waals surface area contributed by atoms with Crippen LogP contribution < -0.4 is 21.7 Å². The van der Waals surface area contributed by atoms with Gasteiger partial charge in [-0.1, -0.05) is 32.4 Å². The van der Waals surface area contributed by atoms with E-state index in [0.717, 1.165) is 0 Å². The van der Waals surface area contributed by atoms with Gasteiger partial charge in [-0.3, -0.25) is 19.2 Å². The van der Waals surface area contributed by atoms with Crippen molar-refractivity contribution in [3.8, 4) is 5.75 Å². The van der Waals surface area contributed by atoms with Crippen LogP contribution in [0.1, 0.15) is 45.6 Å². The first-order valence-corrected chi connectivity index (χ1v) is 11.8. The van der Waals surface area contributed by atoms with Crippen molar-refractivity contribution in [3.63, 3.8) is 0 Å². The molecule has 9 N–H and O–H groups in total. The summed E-state index contributed by atoms with van der Waals surface area (Å²) in [5.41, 5.74) is 6.13. The fraction of sp³-hybridized carbons (Fsp3) is 0.542. The number of aliphatic hydroxyl groups is 1. The number of carbonyl (C=O) groups excluding carboxylic acids is 3. The van der Waals surface area contributed by atoms with Gasteiger partial charge in [0.15, 0.2) is 0 Å². The molecule has 6 unspecified atom stereocenters. The van der Waals surface area contributed by atoms with Gasteiger partial charge in [-0.25, -0.2) is 4.79 Å². The molecule has 0 aliphatic carbocycles. The van der Waals surface area contributed by atoms with Crippen molar-refractivity contribution < 1.29 is 44.4 Å². The minimum atomic E-state index is -1.41. The molecular formula is C24H36N4O9. The summed E-state index contributed by atoms with van der Waals surface area (Å²) >= 11 is 0. The van der Waals surface area contributed by atoms with Gasteiger partial charge >= 0.3 is 11.9 Å². The average Bonchev–Trinajstić information content (AvgIpc) is 2.83. The van der Waals surface area contributed by atoms with Gasteiger partial charge in [0.05, 0.1) is 6.10 Å². The molecule has 0 saturated carbocycles. The zero-order valence-corrected chi connectivity index (χ0v) is 21.0. The lowest BCUT2D eigenvalue weighted by molar-refractivity contribution is -0.143. The molecule has 206 valence electrons. The second-order valence-electron chi connectivity index (χ2n) is 8.90. The molecule has 13 nitrogen and oxygen atoms in total. The van der Waals surface area contributed by atoms with Crippen LogP contribution in [0.15, 0.2) is 24.3 Å². The summed E-state index contributed by atoms with van der Waals surface area (Å²) in [5.74, 6) is -5.54. The van der Waals surface area contributed by atoms with Crippen molar-refractivity contribution in [1.82, 2.24) is 16.0 Å². The predicted molar refractivity (Wildman–Crippen MR) is 131 cm³/mol. The van der Waals surface area contributed by atoms with E-state index < -0.39 is 72.3 Å². The largest absolute Gasteiger partial charge is 0.508 e. The number of aromatic hydroxyl groups is 1. The van der Waals surface area contributed by atoms with Crippen LogP contribution in [0.3, 0.4) is 0 Å². The number of phenols is 1. The monoisotopic (exact) mass is 524 g/mol. The number of nitrogens with one attached hydrogen (secondary N) is 3. The maximum atomic E-state index is 13.1. The van der Waals surface area contributed by atoms with Gasteiger partial charge < -0.3 is 42.1 Å². The van der Waals surface area contributed by atoms with E-state index in [4.69, 9.17) is 10.8 Å². The van der Waals surface area contributed by atoms with Crippen LogP contribution in [0.4, 0.5) is 0 Å². The van der Waals surface area contributed by atoms with E-state index in [1.54, 1.807) is 13.8 Å². The van der Waals surface area contributed by atoms with Crippen LogP contribution in [0.5, 0.6) is 5.75 Å². The van der Waals surface area contributed by atoms with Crippen LogP contribution in [0, 0.1) is 5.92 Å². The number of nitrogens with two attached hydrogens (primary N) is 1. The molecule has 1 aromatic rings. The van der Waals surface area contributed by atoms with Gasteiger partial charge in [-0.2, -0.15) is 0 Å². The number of hydrogen-bond donors (Lipinski definition) is 8. The Morgan fingerprint density at radius 1 is 0.892 bits per heavy atom. The summed E-state index contributed by atoms with van der Waals surface area (Å²) in [7, 11) is 0. The highest BCUT2D eigenvalue weighted by atomic mass is 16.4. The first kappa shape index (κ1) is 31.3. The molecule has 0 spiro atoms. The zero-order valence-electron chi connectivity index (χ0n) is 21.0. The Kier molecular flexibility index (Phi) is 12.5. The Bertz CT molecular complexity index is 952. The number of hydrogen-bond acceptors (Lipinski definition) is 8. The van der Waals surface area contributed by atoms with Gasteiger partial charge in [-0.05, 0) is 37.0 Å². The van der Waals surface area contributed by atoms with Crippen LogP contribution in [0.25, 0.3) is 0 Å². The molecule has 0 bridgehead atoms. The van der Waals surface area contributed by atoms with E-state index in [9.17, 15) is 39.3 Å². The van der Waals surface area contributed by atoms with E-state index >= 15 is 0 Å². The highest BCUT2D eigenvalue weighted by molar-refractivity contribution is 5.94. The Morgan fingerprint density at radius 3 is 1.92 bits per heavy atom. The van der Waals surface area contributed by atoms with E-state index in [-0.39, 0.29) is 18.6 Å². The third-order valence-electron chi connectivity index (χ3n) is 5.89. The fourth-order valence-corrected chi connectivity index (χ4v) is 3.31. The van der Waals surface area contributed by atoms with Crippen molar-refractivity contribution >= 4 is 29.7 Å². The lowest BCUT2D eigenvalue weighted by Crippen LogP contribution is -2.59. The van der Waals surface area contributed by atoms with Crippen LogP contribution >= 0.6 is 0 Å². The number of aliphatic hydroxyl groups excluding tert-OH is 1. The Balaban J connectivity index is 3.22. The van der Waals surface area contributed by atoms with Crippen molar-refractivity contribution in [3.05, 3.63) is 29.8 Å². The number of carbonyl (C=O) groups is 5. The van der Waals surface area contributed by atoms with E-state index in [1.165, 1.54) is 31.2 Å². The minimum Gasteiger partial charge on any atom is -0.508 e. The quantitative estimate of drug-likeness (QED) is 0.141. The molecule has 1 rings (SSSR count). The van der Waals surface area contributed by atoms with Gasteiger partial charge in [-0.15, -0.1) is 0 Å². The lowest BCUT2D eigenvalue weighted by Gasteiger charge is -2.27. The molecule has 1 aromatic carbocycles. The predicted octanol–water partition coefficient (Wildman–Crippen LogP) is -0.907. The fourth-order valence-electron chi connectivity index (χ4n) is 3.31. The highest BCUT2D eigenvalue weighted by Gasteiger charge is 2.32. The SMILES string of the molecule is CCC(C)C(NC(=O)C(Cc1ccc(O)cc1)NC(=O)C(CCC(=O)O)NC(=O)C(N)C(C)O)C(=O)O. The minimum absolute atomic E-state index is 0.0256. The standard InChI is InChI=1S/C24H36N4O9/c1-4-12(2)20(24(36)37)28-22(34)17(11-14-5-7-15(30)8-6-14)27-21(33)16(9-10-18(31)32)26-23(35)19(25)13(3)29/h5-8,12-13,16-17,19-20,29-30H,4,9-11,25H2,1-3H3,(H,26,35)(H,27,33)(H,28,34)(H,31,32)(H,36,37). The maximum absolute atomic E-state index is 13.1. The smallest absolute Gasteiger partial charge is 0.326 e. The normalized spacial score (nSPS) is 15.8. The Morgan fingerprint density at radius 2 is 1.43 bits per heavy atom. The van der Waals surface area contributed by atoms with Gasteiger partial charge in [0, 0.05) is 12.8 Å². The molecule has 0 fully saturated rings. The first-order chi connectivity index (χ1) is 17.3. The number of carboxylic acid groups (broad SMARTS) is 2. The molecule has 0 aromatic heterocycles. The second kappa shape index (κ2) is 14.8. The van der Waals surface area contributed by atoms with Crippen molar-refractivity contribution in [2.75, 3.05) is 0 Å². The van der Waals surface area contributed by atoms with Crippen LogP contribution in [0.2, 0.25) is 0 Å². The molecule has 0 heterocycles. The summed E-state index contributed by atoms with van der Waals surface area (Å²) < 4.78 is 0. The Labute approximate surface area is 214 Å². The molecule has 37 heavy (non-hydrogen) atoms. The topological polar surface area (TPSA) is 228 Å². The molecule has 6 atom stereocenters. The summed E-state index contributed by atoms with van der Waals surface area (Å²) in [4.78, 5) is 61.3. The molecule has 0 aliphatic heterocycles. The van der Waals surface area contributed by atoms with E-state index in [0.29, 0.717) is 12.0 Å². The van der Waals surface area contributed by atoms with Crippen LogP contribution in [-0.4, -0.2) is 80.4 Å².